The van der Waals surface area contributed by atoms with Gasteiger partial charge in [-0.1, -0.05) is 18.2 Å². The molecular formula is C18H19N7O2S. The highest BCUT2D eigenvalue weighted by Gasteiger charge is 2.14. The van der Waals surface area contributed by atoms with Crippen molar-refractivity contribution in [2.45, 2.75) is 20.0 Å². The van der Waals surface area contributed by atoms with Gasteiger partial charge in [-0.2, -0.15) is 5.10 Å². The van der Waals surface area contributed by atoms with Crippen LogP contribution in [0.1, 0.15) is 21.7 Å². The lowest BCUT2D eigenvalue weighted by molar-refractivity contribution is -0.117. The van der Waals surface area contributed by atoms with Gasteiger partial charge in [0.05, 0.1) is 6.54 Å². The fraction of sp³-hybridized carbons (Fsp3) is 0.222. The molecule has 0 aliphatic rings. The summed E-state index contributed by atoms with van der Waals surface area (Å²) in [5.74, 6) is 0.199. The van der Waals surface area contributed by atoms with E-state index in [4.69, 9.17) is 12.2 Å². The van der Waals surface area contributed by atoms with Crippen LogP contribution in [0.2, 0.25) is 0 Å². The first-order chi connectivity index (χ1) is 13.5. The molecule has 0 fully saturated rings. The second kappa shape index (κ2) is 8.53. The standard InChI is InChI=1S/C18H19N7O2S/c1-12-6-3-4-7-13(12)16(27)21-10-14-23-25(18(28)24(14)2)11-15(26)22-17-19-8-5-9-20-17/h3-9H,10-11H2,1-2H3,(H,21,27)(H,19,20,22,26). The predicted octanol–water partition coefficient (Wildman–Crippen LogP) is 1.62. The van der Waals surface area contributed by atoms with Crippen LogP contribution in [0, 0.1) is 11.7 Å². The van der Waals surface area contributed by atoms with Gasteiger partial charge in [0.2, 0.25) is 11.9 Å². The zero-order valence-corrected chi connectivity index (χ0v) is 16.2. The molecule has 2 amide bonds. The minimum atomic E-state index is -0.351. The second-order valence-electron chi connectivity index (χ2n) is 6.03. The first-order valence-corrected chi connectivity index (χ1v) is 8.90. The van der Waals surface area contributed by atoms with Gasteiger partial charge in [0.15, 0.2) is 10.6 Å². The van der Waals surface area contributed by atoms with Gasteiger partial charge in [0.25, 0.3) is 5.91 Å². The Morgan fingerprint density at radius 1 is 1.14 bits per heavy atom. The molecule has 28 heavy (non-hydrogen) atoms. The van der Waals surface area contributed by atoms with Crippen LogP contribution in [-0.4, -0.2) is 36.1 Å². The average molecular weight is 397 g/mol. The summed E-state index contributed by atoms with van der Waals surface area (Å²) in [6.07, 6.45) is 3.06. The van der Waals surface area contributed by atoms with Gasteiger partial charge < -0.3 is 9.88 Å². The van der Waals surface area contributed by atoms with Gasteiger partial charge in [0, 0.05) is 25.0 Å². The summed E-state index contributed by atoms with van der Waals surface area (Å²) in [5.41, 5.74) is 1.49. The maximum absolute atomic E-state index is 12.4. The van der Waals surface area contributed by atoms with E-state index in [0.717, 1.165) is 5.56 Å². The van der Waals surface area contributed by atoms with E-state index in [1.807, 2.05) is 25.1 Å². The average Bonchev–Trinajstić information content (AvgIpc) is 2.95. The molecule has 2 aromatic heterocycles. The molecule has 0 atom stereocenters. The third-order valence-corrected chi connectivity index (χ3v) is 4.52. The summed E-state index contributed by atoms with van der Waals surface area (Å²) in [6, 6.07) is 8.98. The number of benzene rings is 1. The molecule has 0 saturated carbocycles. The lowest BCUT2D eigenvalue weighted by Gasteiger charge is -2.06. The molecule has 0 aliphatic carbocycles. The molecule has 10 heteroatoms. The first kappa shape index (κ1) is 19.4. The molecule has 0 unspecified atom stereocenters. The van der Waals surface area contributed by atoms with E-state index in [1.165, 1.54) is 17.1 Å². The van der Waals surface area contributed by atoms with Crippen molar-refractivity contribution in [3.8, 4) is 0 Å². The molecule has 3 rings (SSSR count). The van der Waals surface area contributed by atoms with Gasteiger partial charge in [-0.15, -0.1) is 0 Å². The summed E-state index contributed by atoms with van der Waals surface area (Å²) in [5, 5.41) is 9.74. The number of carbonyl (C=O) groups is 2. The van der Waals surface area contributed by atoms with Gasteiger partial charge in [-0.25, -0.2) is 14.6 Å². The molecule has 0 spiro atoms. The SMILES string of the molecule is Cc1ccccc1C(=O)NCc1nn(CC(=O)Nc2ncccn2)c(=S)n1C. The molecule has 144 valence electrons. The molecule has 2 N–H and O–H groups in total. The third kappa shape index (κ3) is 4.46. The fourth-order valence-electron chi connectivity index (χ4n) is 2.54. The van der Waals surface area contributed by atoms with E-state index in [-0.39, 0.29) is 30.9 Å². The lowest BCUT2D eigenvalue weighted by atomic mass is 10.1. The number of carbonyl (C=O) groups excluding carboxylic acids is 2. The maximum Gasteiger partial charge on any atom is 0.251 e. The Labute approximate surface area is 166 Å². The minimum absolute atomic E-state index is 0.0866. The summed E-state index contributed by atoms with van der Waals surface area (Å²) in [7, 11) is 1.74. The highest BCUT2D eigenvalue weighted by Crippen LogP contribution is 2.07. The molecule has 2 heterocycles. The van der Waals surface area contributed by atoms with Crippen molar-refractivity contribution < 1.29 is 9.59 Å². The van der Waals surface area contributed by atoms with Crippen LogP contribution in [0.3, 0.4) is 0 Å². The highest BCUT2D eigenvalue weighted by molar-refractivity contribution is 7.71. The van der Waals surface area contributed by atoms with Crippen LogP contribution in [0.15, 0.2) is 42.7 Å². The number of nitrogens with zero attached hydrogens (tertiary/aromatic N) is 5. The minimum Gasteiger partial charge on any atom is -0.345 e. The molecule has 9 nitrogen and oxygen atoms in total. The van der Waals surface area contributed by atoms with Crippen LogP contribution in [0.5, 0.6) is 0 Å². The lowest BCUT2D eigenvalue weighted by Crippen LogP contribution is -2.25. The van der Waals surface area contributed by atoms with Crippen molar-refractivity contribution in [1.82, 2.24) is 29.6 Å². The molecule has 0 saturated heterocycles. The summed E-state index contributed by atoms with van der Waals surface area (Å²) >= 11 is 5.33. The Hall–Kier alpha value is -3.40. The van der Waals surface area contributed by atoms with Crippen molar-refractivity contribution in [2.24, 2.45) is 7.05 Å². The van der Waals surface area contributed by atoms with Gasteiger partial charge in [0.1, 0.15) is 6.54 Å². The van der Waals surface area contributed by atoms with E-state index in [0.29, 0.717) is 16.2 Å². The topological polar surface area (TPSA) is 107 Å². The number of aromatic nitrogens is 5. The number of amides is 2. The maximum atomic E-state index is 12.4. The zero-order chi connectivity index (χ0) is 20.1. The van der Waals surface area contributed by atoms with Crippen molar-refractivity contribution >= 4 is 30.0 Å². The van der Waals surface area contributed by atoms with Crippen LogP contribution in [-0.2, 0) is 24.9 Å². The number of rotatable bonds is 6. The molecule has 0 aliphatic heterocycles. The van der Waals surface area contributed by atoms with Crippen molar-refractivity contribution in [1.29, 1.82) is 0 Å². The zero-order valence-electron chi connectivity index (χ0n) is 15.4. The molecular weight excluding hydrogens is 378 g/mol. The summed E-state index contributed by atoms with van der Waals surface area (Å²) < 4.78 is 3.41. The van der Waals surface area contributed by atoms with Crippen LogP contribution in [0.4, 0.5) is 5.95 Å². The number of hydrogen-bond acceptors (Lipinski definition) is 6. The number of anilines is 1. The van der Waals surface area contributed by atoms with E-state index < -0.39 is 0 Å². The third-order valence-electron chi connectivity index (χ3n) is 4.04. The second-order valence-corrected chi connectivity index (χ2v) is 6.40. The molecule has 3 aromatic rings. The number of nitrogens with one attached hydrogen (secondary N) is 2. The summed E-state index contributed by atoms with van der Waals surface area (Å²) in [4.78, 5) is 32.4. The van der Waals surface area contributed by atoms with Crippen molar-refractivity contribution in [3.05, 3.63) is 64.4 Å². The van der Waals surface area contributed by atoms with E-state index >= 15 is 0 Å². The van der Waals surface area contributed by atoms with E-state index in [2.05, 4.69) is 25.7 Å². The Morgan fingerprint density at radius 2 is 1.86 bits per heavy atom. The fourth-order valence-corrected chi connectivity index (χ4v) is 2.75. The predicted molar refractivity (Wildman–Crippen MR) is 105 cm³/mol. The Kier molecular flexibility index (Phi) is 5.90. The van der Waals surface area contributed by atoms with E-state index in [9.17, 15) is 9.59 Å². The Bertz CT molecular complexity index is 1060. The molecule has 0 radical (unpaired) electrons. The Morgan fingerprint density at radius 3 is 2.57 bits per heavy atom. The Balaban J connectivity index is 1.66. The largest absolute Gasteiger partial charge is 0.345 e. The molecule has 1 aromatic carbocycles. The normalized spacial score (nSPS) is 10.5. The van der Waals surface area contributed by atoms with Gasteiger partial charge in [-0.05, 0) is 36.8 Å². The van der Waals surface area contributed by atoms with Crippen molar-refractivity contribution in [3.63, 3.8) is 0 Å². The van der Waals surface area contributed by atoms with Crippen LogP contribution in [0.25, 0.3) is 0 Å². The smallest absolute Gasteiger partial charge is 0.251 e. The van der Waals surface area contributed by atoms with E-state index in [1.54, 1.807) is 23.7 Å². The highest BCUT2D eigenvalue weighted by atomic mass is 32.1. The quantitative estimate of drug-likeness (QED) is 0.612. The number of hydrogen-bond donors (Lipinski definition) is 2. The van der Waals surface area contributed by atoms with Crippen molar-refractivity contribution in [2.75, 3.05) is 5.32 Å². The van der Waals surface area contributed by atoms with Crippen LogP contribution < -0.4 is 10.6 Å². The monoisotopic (exact) mass is 397 g/mol. The number of aryl methyl sites for hydroxylation is 1. The van der Waals surface area contributed by atoms with Gasteiger partial charge in [-0.3, -0.25) is 14.9 Å². The first-order valence-electron chi connectivity index (χ1n) is 8.49. The van der Waals surface area contributed by atoms with Gasteiger partial charge >= 0.3 is 0 Å². The summed E-state index contributed by atoms with van der Waals surface area (Å²) in [6.45, 7) is 1.97. The van der Waals surface area contributed by atoms with Crippen LogP contribution >= 0.6 is 12.2 Å². The molecule has 0 bridgehead atoms.